The molecule has 18 heavy (non-hydrogen) atoms. The number of aliphatic hydroxyl groups excluding tert-OH is 1. The monoisotopic (exact) mass is 272 g/mol. The fraction of sp³-hybridized carbons (Fsp3) is 0.545. The minimum Gasteiger partial charge on any atom is -0.393 e. The predicted octanol–water partition coefficient (Wildman–Crippen LogP) is -0.234. The number of nitrogens with one attached hydrogen (secondary N) is 1. The topological polar surface area (TPSA) is 90.5 Å². The van der Waals surface area contributed by atoms with Gasteiger partial charge in [-0.05, 0) is 18.4 Å². The second-order valence-corrected chi connectivity index (χ2v) is 6.52. The number of sulfonamides is 1. The molecule has 0 amide bonds. The molecule has 0 bridgehead atoms. The molecule has 2 N–H and O–H groups in total. The number of pyridine rings is 1. The Morgan fingerprint density at radius 3 is 2.72 bits per heavy atom. The van der Waals surface area contributed by atoms with Crippen molar-refractivity contribution in [3.63, 3.8) is 0 Å². The lowest BCUT2D eigenvalue weighted by atomic mass is 9.99. The summed E-state index contributed by atoms with van der Waals surface area (Å²) in [5.41, 5.74) is -0.337. The van der Waals surface area contributed by atoms with Gasteiger partial charge in [-0.2, -0.15) is 4.31 Å². The standard InChI is InChI=1S/C11H16N2O4S/c1-8-7-13(5-4-10(8)14)18(16,17)9-2-3-11(15)12-6-9/h2-3,6,8,10,14H,4-5,7H2,1H3,(H,12,15). The molecule has 1 aliphatic rings. The Morgan fingerprint density at radius 1 is 1.44 bits per heavy atom. The number of aromatic amines is 1. The molecule has 7 heteroatoms. The Morgan fingerprint density at radius 2 is 2.17 bits per heavy atom. The summed E-state index contributed by atoms with van der Waals surface area (Å²) in [6, 6.07) is 2.49. The quantitative estimate of drug-likeness (QED) is 0.778. The van der Waals surface area contributed by atoms with Crippen LogP contribution >= 0.6 is 0 Å². The van der Waals surface area contributed by atoms with Crippen molar-refractivity contribution in [2.24, 2.45) is 5.92 Å². The van der Waals surface area contributed by atoms with E-state index in [9.17, 15) is 18.3 Å². The van der Waals surface area contributed by atoms with Crippen LogP contribution in [0.25, 0.3) is 0 Å². The molecule has 6 nitrogen and oxygen atoms in total. The second-order valence-electron chi connectivity index (χ2n) is 4.58. The molecule has 0 saturated carbocycles. The van der Waals surface area contributed by atoms with Crippen LogP contribution in [0.5, 0.6) is 0 Å². The second kappa shape index (κ2) is 4.83. The Labute approximate surface area is 105 Å². The Hall–Kier alpha value is -1.18. The molecule has 2 unspecified atom stereocenters. The van der Waals surface area contributed by atoms with Gasteiger partial charge in [0.25, 0.3) is 0 Å². The third-order valence-corrected chi connectivity index (χ3v) is 5.08. The maximum Gasteiger partial charge on any atom is 0.247 e. The van der Waals surface area contributed by atoms with E-state index in [0.29, 0.717) is 19.5 Å². The minimum absolute atomic E-state index is 0.0747. The number of nitrogens with zero attached hydrogens (tertiary/aromatic N) is 1. The molecule has 1 aromatic rings. The van der Waals surface area contributed by atoms with Crippen molar-refractivity contribution in [3.05, 3.63) is 28.7 Å². The van der Waals surface area contributed by atoms with Gasteiger partial charge in [0.1, 0.15) is 0 Å². The van der Waals surface area contributed by atoms with E-state index in [4.69, 9.17) is 0 Å². The first-order chi connectivity index (χ1) is 8.41. The predicted molar refractivity (Wildman–Crippen MR) is 65.6 cm³/mol. The Balaban J connectivity index is 2.26. The third kappa shape index (κ3) is 2.47. The van der Waals surface area contributed by atoms with Crippen LogP contribution in [-0.4, -0.2) is 42.0 Å². The summed E-state index contributed by atoms with van der Waals surface area (Å²) in [5.74, 6) is -0.0868. The Kier molecular flexibility index (Phi) is 3.56. The number of piperidine rings is 1. The van der Waals surface area contributed by atoms with Crippen molar-refractivity contribution in [1.29, 1.82) is 0 Å². The third-order valence-electron chi connectivity index (χ3n) is 3.22. The van der Waals surface area contributed by atoms with Crippen LogP contribution in [0, 0.1) is 5.92 Å². The van der Waals surface area contributed by atoms with E-state index in [1.807, 2.05) is 6.92 Å². The minimum atomic E-state index is -3.58. The fourth-order valence-electron chi connectivity index (χ4n) is 2.02. The van der Waals surface area contributed by atoms with Crippen LogP contribution in [-0.2, 0) is 10.0 Å². The molecule has 1 aliphatic heterocycles. The number of hydrogen-bond acceptors (Lipinski definition) is 4. The van der Waals surface area contributed by atoms with Crippen LogP contribution in [0.1, 0.15) is 13.3 Å². The molecule has 0 aromatic carbocycles. The maximum atomic E-state index is 12.3. The van der Waals surface area contributed by atoms with Crippen LogP contribution in [0.4, 0.5) is 0 Å². The van der Waals surface area contributed by atoms with E-state index in [1.54, 1.807) is 0 Å². The van der Waals surface area contributed by atoms with Crippen LogP contribution < -0.4 is 5.56 Å². The fourth-order valence-corrected chi connectivity index (χ4v) is 3.54. The van der Waals surface area contributed by atoms with Crippen LogP contribution in [0.3, 0.4) is 0 Å². The van der Waals surface area contributed by atoms with Gasteiger partial charge in [-0.3, -0.25) is 4.79 Å². The average Bonchev–Trinajstić information content (AvgIpc) is 2.33. The summed E-state index contributed by atoms with van der Waals surface area (Å²) < 4.78 is 25.9. The number of H-pyrrole nitrogens is 1. The lowest BCUT2D eigenvalue weighted by Gasteiger charge is -2.33. The molecular formula is C11H16N2O4S. The number of aromatic nitrogens is 1. The zero-order valence-corrected chi connectivity index (χ0v) is 10.9. The average molecular weight is 272 g/mol. The van der Waals surface area contributed by atoms with Crippen LogP contribution in [0.2, 0.25) is 0 Å². The Bertz CT molecular complexity index is 560. The van der Waals surface area contributed by atoms with E-state index >= 15 is 0 Å². The summed E-state index contributed by atoms with van der Waals surface area (Å²) in [6.07, 6.45) is 1.18. The normalized spacial score (nSPS) is 26.1. The molecule has 0 radical (unpaired) electrons. The summed E-state index contributed by atoms with van der Waals surface area (Å²) in [6.45, 7) is 2.41. The maximum absolute atomic E-state index is 12.3. The van der Waals surface area contributed by atoms with Gasteiger partial charge in [-0.25, -0.2) is 8.42 Å². The van der Waals surface area contributed by atoms with Crippen molar-refractivity contribution in [2.45, 2.75) is 24.3 Å². The van der Waals surface area contributed by atoms with E-state index in [-0.39, 0.29) is 16.4 Å². The molecule has 0 aliphatic carbocycles. The van der Waals surface area contributed by atoms with E-state index < -0.39 is 16.1 Å². The van der Waals surface area contributed by atoms with Crippen molar-refractivity contribution >= 4 is 10.0 Å². The van der Waals surface area contributed by atoms with Gasteiger partial charge in [0, 0.05) is 25.4 Å². The molecule has 2 rings (SSSR count). The summed E-state index contributed by atoms with van der Waals surface area (Å²) in [4.78, 5) is 13.4. The molecule has 2 heterocycles. The van der Waals surface area contributed by atoms with Crippen molar-refractivity contribution in [3.8, 4) is 0 Å². The summed E-state index contributed by atoms with van der Waals surface area (Å²) in [5, 5.41) is 9.60. The summed E-state index contributed by atoms with van der Waals surface area (Å²) >= 11 is 0. The summed E-state index contributed by atoms with van der Waals surface area (Å²) in [7, 11) is -3.58. The van der Waals surface area contributed by atoms with E-state index in [0.717, 1.165) is 0 Å². The zero-order valence-electron chi connectivity index (χ0n) is 10.0. The first-order valence-electron chi connectivity index (χ1n) is 5.78. The van der Waals surface area contributed by atoms with Gasteiger partial charge in [0.2, 0.25) is 15.6 Å². The highest BCUT2D eigenvalue weighted by Crippen LogP contribution is 2.22. The SMILES string of the molecule is CC1CN(S(=O)(=O)c2ccc(=O)[nH]c2)CCC1O. The molecule has 1 saturated heterocycles. The first kappa shape index (κ1) is 13.3. The number of aliphatic hydroxyl groups is 1. The zero-order chi connectivity index (χ0) is 13.3. The van der Waals surface area contributed by atoms with Crippen LogP contribution in [0.15, 0.2) is 28.0 Å². The lowest BCUT2D eigenvalue weighted by Crippen LogP contribution is -2.44. The smallest absolute Gasteiger partial charge is 0.247 e. The van der Waals surface area contributed by atoms with Gasteiger partial charge in [-0.15, -0.1) is 0 Å². The number of rotatable bonds is 2. The van der Waals surface area contributed by atoms with Gasteiger partial charge in [0.05, 0.1) is 11.0 Å². The molecule has 1 fully saturated rings. The largest absolute Gasteiger partial charge is 0.393 e. The van der Waals surface area contributed by atoms with Crippen molar-refractivity contribution in [1.82, 2.24) is 9.29 Å². The van der Waals surface area contributed by atoms with Gasteiger partial charge >= 0.3 is 0 Å². The molecule has 0 spiro atoms. The first-order valence-corrected chi connectivity index (χ1v) is 7.22. The van der Waals surface area contributed by atoms with E-state index in [2.05, 4.69) is 4.98 Å². The molecule has 2 atom stereocenters. The molecular weight excluding hydrogens is 256 g/mol. The van der Waals surface area contributed by atoms with Gasteiger partial charge in [0.15, 0.2) is 0 Å². The van der Waals surface area contributed by atoms with E-state index in [1.165, 1.54) is 22.6 Å². The highest BCUT2D eigenvalue weighted by Gasteiger charge is 2.32. The highest BCUT2D eigenvalue weighted by atomic mass is 32.2. The number of hydrogen-bond donors (Lipinski definition) is 2. The molecule has 1 aromatic heterocycles. The lowest BCUT2D eigenvalue weighted by molar-refractivity contribution is 0.0628. The van der Waals surface area contributed by atoms with Crippen molar-refractivity contribution in [2.75, 3.05) is 13.1 Å². The molecule has 100 valence electrons. The van der Waals surface area contributed by atoms with Crippen molar-refractivity contribution < 1.29 is 13.5 Å². The van der Waals surface area contributed by atoms with Gasteiger partial charge in [-0.1, -0.05) is 6.92 Å². The highest BCUT2D eigenvalue weighted by molar-refractivity contribution is 7.89. The van der Waals surface area contributed by atoms with Gasteiger partial charge < -0.3 is 10.1 Å².